The van der Waals surface area contributed by atoms with Crippen molar-refractivity contribution in [1.82, 2.24) is 0 Å². The summed E-state index contributed by atoms with van der Waals surface area (Å²) in [7, 11) is 0. The second-order valence-corrected chi connectivity index (χ2v) is 5.88. The minimum absolute atomic E-state index is 0.357. The van der Waals surface area contributed by atoms with Gasteiger partial charge in [0.15, 0.2) is 0 Å². The molecule has 1 aliphatic heterocycles. The Kier molecular flexibility index (Phi) is 3.67. The van der Waals surface area contributed by atoms with Crippen LogP contribution in [0.2, 0.25) is 0 Å². The fourth-order valence-electron chi connectivity index (χ4n) is 1.53. The van der Waals surface area contributed by atoms with Crippen LogP contribution in [-0.2, 0) is 4.74 Å². The molecule has 1 nitrogen and oxygen atoms in total. The molecule has 0 saturated carbocycles. The van der Waals surface area contributed by atoms with Gasteiger partial charge in [-0.3, -0.25) is 0 Å². The molecule has 0 bridgehead atoms. The van der Waals surface area contributed by atoms with E-state index >= 15 is 0 Å². The van der Waals surface area contributed by atoms with Gasteiger partial charge in [0.25, 0.3) is 0 Å². The highest BCUT2D eigenvalue weighted by atomic mass is 127. The minimum atomic E-state index is 0.357. The highest BCUT2D eigenvalue weighted by molar-refractivity contribution is 14.1. The van der Waals surface area contributed by atoms with Gasteiger partial charge in [0.1, 0.15) is 0 Å². The largest absolute Gasteiger partial charge is 0.369 e. The van der Waals surface area contributed by atoms with E-state index in [4.69, 9.17) is 4.74 Å². The Morgan fingerprint density at radius 1 is 1.62 bits per heavy atom. The molecular weight excluding hydrogens is 363 g/mol. The molecule has 1 fully saturated rings. The second kappa shape index (κ2) is 4.59. The Balaban J connectivity index is 2.03. The Hall–Kier alpha value is 0.870. The zero-order chi connectivity index (χ0) is 9.26. The molecule has 4 heteroatoms. The molecule has 2 heterocycles. The molecule has 0 amide bonds. The van der Waals surface area contributed by atoms with E-state index in [0.717, 1.165) is 4.43 Å². The summed E-state index contributed by atoms with van der Waals surface area (Å²) in [5, 5.41) is 2.12. The lowest BCUT2D eigenvalue weighted by Gasteiger charge is -2.09. The lowest BCUT2D eigenvalue weighted by Crippen LogP contribution is -2.06. The molecule has 1 aliphatic rings. The number of thiophene rings is 1. The zero-order valence-electron chi connectivity index (χ0n) is 7.00. The molecule has 0 spiro atoms. The van der Waals surface area contributed by atoms with E-state index < -0.39 is 0 Å². The lowest BCUT2D eigenvalue weighted by atomic mass is 10.2. The van der Waals surface area contributed by atoms with E-state index in [0.29, 0.717) is 12.2 Å². The maximum atomic E-state index is 5.89. The van der Waals surface area contributed by atoms with Gasteiger partial charge in [-0.1, -0.05) is 22.6 Å². The predicted molar refractivity (Wildman–Crippen MR) is 67.8 cm³/mol. The highest BCUT2D eigenvalue weighted by Gasteiger charge is 2.26. The van der Waals surface area contributed by atoms with Crippen LogP contribution in [0.3, 0.4) is 0 Å². The Morgan fingerprint density at radius 2 is 2.46 bits per heavy atom. The van der Waals surface area contributed by atoms with Crippen LogP contribution < -0.4 is 0 Å². The number of halogens is 2. The minimum Gasteiger partial charge on any atom is -0.369 e. The summed E-state index contributed by atoms with van der Waals surface area (Å²) < 4.78 is 8.18. The van der Waals surface area contributed by atoms with Crippen molar-refractivity contribution >= 4 is 49.9 Å². The van der Waals surface area contributed by atoms with Crippen LogP contribution in [0, 0.1) is 0 Å². The summed E-state index contributed by atoms with van der Waals surface area (Å²) in [6.45, 7) is 0. The Morgan fingerprint density at radius 3 is 3.00 bits per heavy atom. The average molecular weight is 373 g/mol. The van der Waals surface area contributed by atoms with Crippen molar-refractivity contribution in [2.45, 2.75) is 25.0 Å². The van der Waals surface area contributed by atoms with Crippen LogP contribution in [0.1, 0.15) is 23.8 Å². The van der Waals surface area contributed by atoms with Gasteiger partial charge in [-0.05, 0) is 34.8 Å². The maximum absolute atomic E-state index is 5.89. The number of rotatable bonds is 2. The van der Waals surface area contributed by atoms with Crippen LogP contribution in [-0.4, -0.2) is 10.5 Å². The van der Waals surface area contributed by atoms with Gasteiger partial charge in [-0.25, -0.2) is 0 Å². The Bertz CT molecular complexity index is 289. The van der Waals surface area contributed by atoms with Gasteiger partial charge >= 0.3 is 0 Å². The second-order valence-electron chi connectivity index (χ2n) is 3.15. The maximum Gasteiger partial charge on any atom is 0.0922 e. The van der Waals surface area contributed by atoms with E-state index in [2.05, 4.69) is 50.0 Å². The fraction of sp³-hybridized carbons (Fsp3) is 0.556. The first-order chi connectivity index (χ1) is 6.29. The normalized spacial score (nSPS) is 28.2. The molecule has 0 radical (unpaired) electrons. The molecule has 2 atom stereocenters. The molecule has 1 aromatic heterocycles. The zero-order valence-corrected chi connectivity index (χ0v) is 11.6. The average Bonchev–Trinajstić information content (AvgIpc) is 2.71. The third kappa shape index (κ3) is 2.46. The third-order valence-corrected chi connectivity index (χ3v) is 4.95. The van der Waals surface area contributed by atoms with Crippen LogP contribution in [0.15, 0.2) is 15.9 Å². The van der Waals surface area contributed by atoms with Crippen molar-refractivity contribution in [3.63, 3.8) is 0 Å². The van der Waals surface area contributed by atoms with Gasteiger partial charge in [0, 0.05) is 19.2 Å². The van der Waals surface area contributed by atoms with Gasteiger partial charge in [0.2, 0.25) is 0 Å². The summed E-state index contributed by atoms with van der Waals surface area (Å²) in [4.78, 5) is 1.36. The lowest BCUT2D eigenvalue weighted by molar-refractivity contribution is 0.0619. The van der Waals surface area contributed by atoms with Crippen molar-refractivity contribution < 1.29 is 4.74 Å². The van der Waals surface area contributed by atoms with Crippen molar-refractivity contribution in [2.24, 2.45) is 0 Å². The first kappa shape index (κ1) is 10.4. The number of ether oxygens (including phenoxy) is 1. The fourth-order valence-corrected chi connectivity index (χ4v) is 3.69. The number of hydrogen-bond acceptors (Lipinski definition) is 2. The van der Waals surface area contributed by atoms with E-state index in [-0.39, 0.29) is 0 Å². The third-order valence-electron chi connectivity index (χ3n) is 2.18. The summed E-state index contributed by atoms with van der Waals surface area (Å²) in [5.41, 5.74) is 0. The molecule has 0 aliphatic carbocycles. The van der Waals surface area contributed by atoms with E-state index in [1.807, 2.05) is 0 Å². The van der Waals surface area contributed by atoms with Gasteiger partial charge in [0.05, 0.1) is 12.2 Å². The SMILES string of the molecule is Brc1csc(C2CCC(CI)O2)c1. The van der Waals surface area contributed by atoms with Gasteiger partial charge in [-0.15, -0.1) is 11.3 Å². The standard InChI is InChI=1S/C9H10BrIOS/c10-6-3-9(13-5-6)8-2-1-7(4-11)12-8/h3,5,7-8H,1-2,4H2. The summed E-state index contributed by atoms with van der Waals surface area (Å²) in [5.74, 6) is 0. The highest BCUT2D eigenvalue weighted by Crippen LogP contribution is 2.37. The van der Waals surface area contributed by atoms with Crippen molar-refractivity contribution in [2.75, 3.05) is 4.43 Å². The van der Waals surface area contributed by atoms with Gasteiger partial charge < -0.3 is 4.74 Å². The molecule has 1 saturated heterocycles. The molecule has 2 unspecified atom stereocenters. The van der Waals surface area contributed by atoms with Crippen LogP contribution in [0.4, 0.5) is 0 Å². The smallest absolute Gasteiger partial charge is 0.0922 e. The van der Waals surface area contributed by atoms with Crippen LogP contribution >= 0.6 is 49.9 Å². The first-order valence-electron chi connectivity index (χ1n) is 4.25. The summed E-state index contributed by atoms with van der Waals surface area (Å²) in [6, 6.07) is 2.17. The van der Waals surface area contributed by atoms with Crippen molar-refractivity contribution in [3.05, 3.63) is 20.8 Å². The molecule has 0 aromatic carbocycles. The number of alkyl halides is 1. The van der Waals surface area contributed by atoms with Crippen LogP contribution in [0.25, 0.3) is 0 Å². The van der Waals surface area contributed by atoms with Gasteiger partial charge in [-0.2, -0.15) is 0 Å². The van der Waals surface area contributed by atoms with E-state index in [1.165, 1.54) is 22.2 Å². The monoisotopic (exact) mass is 372 g/mol. The molecule has 2 rings (SSSR count). The molecular formula is C9H10BrIOS. The van der Waals surface area contributed by atoms with Crippen molar-refractivity contribution in [3.8, 4) is 0 Å². The first-order valence-corrected chi connectivity index (χ1v) is 7.45. The summed E-state index contributed by atoms with van der Waals surface area (Å²) >= 11 is 7.64. The predicted octanol–water partition coefficient (Wildman–Crippen LogP) is 4.17. The Labute approximate surface area is 104 Å². The molecule has 1 aromatic rings. The van der Waals surface area contributed by atoms with Crippen molar-refractivity contribution in [1.29, 1.82) is 0 Å². The molecule has 13 heavy (non-hydrogen) atoms. The van der Waals surface area contributed by atoms with E-state index in [1.54, 1.807) is 11.3 Å². The topological polar surface area (TPSA) is 9.23 Å². The quantitative estimate of drug-likeness (QED) is 0.559. The number of hydrogen-bond donors (Lipinski definition) is 0. The molecule has 0 N–H and O–H groups in total. The molecule has 72 valence electrons. The van der Waals surface area contributed by atoms with E-state index in [9.17, 15) is 0 Å². The van der Waals surface area contributed by atoms with Crippen LogP contribution in [0.5, 0.6) is 0 Å². The summed E-state index contributed by atoms with van der Waals surface area (Å²) in [6.07, 6.45) is 3.23.